The Labute approximate surface area is 246 Å². The normalized spacial score (nSPS) is 21.6. The average Bonchev–Trinajstić information content (AvgIpc) is 3.45. The summed E-state index contributed by atoms with van der Waals surface area (Å²) in [5.74, 6) is 0.786. The summed E-state index contributed by atoms with van der Waals surface area (Å²) in [5.41, 5.74) is 2.83. The molecule has 1 aromatic heterocycles. The number of carbonyl (C=O) groups excluding carboxylic acids is 1. The molecule has 2 aromatic carbocycles. The second kappa shape index (κ2) is 11.6. The van der Waals surface area contributed by atoms with Crippen LogP contribution in [0, 0.1) is 17.8 Å². The van der Waals surface area contributed by atoms with Crippen molar-refractivity contribution in [3.05, 3.63) is 71.3 Å². The minimum atomic E-state index is -3.67. The van der Waals surface area contributed by atoms with E-state index in [1.54, 1.807) is 32.1 Å². The number of piperidine rings is 1. The number of thioether (sulfide) groups is 1. The number of hydrogen-bond donors (Lipinski definition) is 0. The zero-order valence-corrected chi connectivity index (χ0v) is 25.6. The van der Waals surface area contributed by atoms with Gasteiger partial charge in [-0.15, -0.1) is 0 Å². The molecule has 2 atom stereocenters. The molecule has 7 nitrogen and oxygen atoms in total. The van der Waals surface area contributed by atoms with Crippen molar-refractivity contribution in [1.29, 1.82) is 0 Å². The lowest BCUT2D eigenvalue weighted by molar-refractivity contribution is -0.122. The van der Waals surface area contributed by atoms with Crippen LogP contribution in [-0.4, -0.2) is 57.3 Å². The van der Waals surface area contributed by atoms with Crippen molar-refractivity contribution in [2.45, 2.75) is 39.0 Å². The van der Waals surface area contributed by atoms with Gasteiger partial charge in [-0.05, 0) is 54.5 Å². The summed E-state index contributed by atoms with van der Waals surface area (Å²) in [6.07, 6.45) is 4.71. The molecule has 3 aromatic rings. The monoisotopic (exact) mass is 594 g/mol. The Kier molecular flexibility index (Phi) is 8.33. The van der Waals surface area contributed by atoms with Gasteiger partial charge in [-0.1, -0.05) is 82.0 Å². The van der Waals surface area contributed by atoms with Crippen LogP contribution in [0.4, 0.5) is 0 Å². The zero-order chi connectivity index (χ0) is 28.6. The number of carbonyl (C=O) groups is 1. The van der Waals surface area contributed by atoms with Crippen molar-refractivity contribution in [1.82, 2.24) is 19.0 Å². The molecule has 2 fully saturated rings. The number of sulfonamides is 1. The second-order valence-corrected chi connectivity index (χ2v) is 14.8. The molecule has 2 aliphatic rings. The van der Waals surface area contributed by atoms with Gasteiger partial charge in [0.25, 0.3) is 5.91 Å². The summed E-state index contributed by atoms with van der Waals surface area (Å²) in [5, 5.41) is 4.86. The first-order valence-corrected chi connectivity index (χ1v) is 16.2. The Morgan fingerprint density at radius 1 is 1.07 bits per heavy atom. The number of rotatable bonds is 7. The van der Waals surface area contributed by atoms with Crippen LogP contribution in [0.25, 0.3) is 23.0 Å². The molecular formula is C30H34N4O3S3. The number of thiocarbonyl (C=S) groups is 1. The minimum absolute atomic E-state index is 0.119. The topological polar surface area (TPSA) is 75.5 Å². The van der Waals surface area contributed by atoms with Crippen LogP contribution < -0.4 is 0 Å². The van der Waals surface area contributed by atoms with Gasteiger partial charge in [0.15, 0.2) is 0 Å². The molecule has 0 N–H and O–H groups in total. The molecule has 10 heteroatoms. The van der Waals surface area contributed by atoms with Gasteiger partial charge in [0.05, 0.1) is 15.5 Å². The van der Waals surface area contributed by atoms with Crippen LogP contribution in [0.5, 0.6) is 0 Å². The highest BCUT2D eigenvalue weighted by Gasteiger charge is 2.34. The molecule has 210 valence electrons. The van der Waals surface area contributed by atoms with E-state index >= 15 is 0 Å². The molecular weight excluding hydrogens is 561 g/mol. The van der Waals surface area contributed by atoms with E-state index in [0.717, 1.165) is 12.1 Å². The van der Waals surface area contributed by atoms with E-state index in [9.17, 15) is 13.2 Å². The quantitative estimate of drug-likeness (QED) is 0.244. The predicted molar refractivity (Wildman–Crippen MR) is 165 cm³/mol. The summed E-state index contributed by atoms with van der Waals surface area (Å²) in [6.45, 7) is 9.90. The van der Waals surface area contributed by atoms with E-state index in [2.05, 4.69) is 27.7 Å². The lowest BCUT2D eigenvalue weighted by Crippen LogP contribution is -2.42. The van der Waals surface area contributed by atoms with Crippen molar-refractivity contribution in [2.24, 2.45) is 17.8 Å². The zero-order valence-electron chi connectivity index (χ0n) is 23.1. The lowest BCUT2D eigenvalue weighted by atomic mass is 9.94. The first-order chi connectivity index (χ1) is 19.0. The van der Waals surface area contributed by atoms with E-state index in [4.69, 9.17) is 17.3 Å². The van der Waals surface area contributed by atoms with Crippen LogP contribution in [-0.2, 0) is 14.8 Å². The number of amides is 1. The van der Waals surface area contributed by atoms with E-state index < -0.39 is 10.0 Å². The number of aromatic nitrogens is 2. The Balaban J connectivity index is 1.57. The van der Waals surface area contributed by atoms with Crippen LogP contribution in [0.2, 0.25) is 0 Å². The summed E-state index contributed by atoms with van der Waals surface area (Å²) in [4.78, 5) is 15.6. The Morgan fingerprint density at radius 2 is 1.77 bits per heavy atom. The molecule has 0 radical (unpaired) electrons. The van der Waals surface area contributed by atoms with Crippen molar-refractivity contribution in [3.8, 4) is 16.9 Å². The van der Waals surface area contributed by atoms with Crippen molar-refractivity contribution < 1.29 is 13.2 Å². The van der Waals surface area contributed by atoms with Gasteiger partial charge in [-0.25, -0.2) is 13.1 Å². The van der Waals surface area contributed by atoms with Gasteiger partial charge in [0.1, 0.15) is 10.0 Å². The van der Waals surface area contributed by atoms with Crippen molar-refractivity contribution >= 4 is 50.3 Å². The van der Waals surface area contributed by atoms with Crippen LogP contribution in [0.15, 0.2) is 70.6 Å². The molecule has 3 heterocycles. The first kappa shape index (κ1) is 28.7. The summed E-state index contributed by atoms with van der Waals surface area (Å²) in [6, 6.07) is 16.6. The Hall–Kier alpha value is -2.79. The van der Waals surface area contributed by atoms with Gasteiger partial charge >= 0.3 is 0 Å². The Morgan fingerprint density at radius 3 is 2.45 bits per heavy atom. The highest BCUT2D eigenvalue weighted by Crippen LogP contribution is 2.36. The SMILES string of the molecule is CC(C)CN1C(=O)C(=Cc2cn(-c3ccccc3)nc2-c2cccc(S(=O)(=O)N3CC(C)CC(C)C3)c2)SC1=S. The van der Waals surface area contributed by atoms with Gasteiger partial charge in [0.2, 0.25) is 10.0 Å². The third kappa shape index (κ3) is 5.95. The molecule has 0 bridgehead atoms. The molecule has 2 aliphatic heterocycles. The standard InChI is InChI=1S/C30H34N4O3S3/c1-20(2)16-33-29(35)27(39-30(33)38)15-24-19-34(25-10-6-5-7-11-25)31-28(24)23-9-8-12-26(14-23)40(36,37)32-17-21(3)13-22(4)18-32/h5-12,14-15,19-22H,13,16-18H2,1-4H3. The fraction of sp³-hybridized carbons (Fsp3) is 0.367. The highest BCUT2D eigenvalue weighted by atomic mass is 32.2. The third-order valence-electron chi connectivity index (χ3n) is 7.05. The maximum absolute atomic E-state index is 13.7. The first-order valence-electron chi connectivity index (χ1n) is 13.5. The number of para-hydroxylation sites is 1. The van der Waals surface area contributed by atoms with Gasteiger partial charge in [0, 0.05) is 37.0 Å². The molecule has 5 rings (SSSR count). The minimum Gasteiger partial charge on any atom is -0.293 e. The molecule has 0 spiro atoms. The lowest BCUT2D eigenvalue weighted by Gasteiger charge is -2.34. The summed E-state index contributed by atoms with van der Waals surface area (Å²) >= 11 is 6.79. The van der Waals surface area contributed by atoms with Crippen LogP contribution in [0.3, 0.4) is 0 Å². The van der Waals surface area contributed by atoms with Crippen molar-refractivity contribution in [2.75, 3.05) is 19.6 Å². The van der Waals surface area contributed by atoms with E-state index in [1.807, 2.05) is 48.7 Å². The summed E-state index contributed by atoms with van der Waals surface area (Å²) < 4.78 is 31.3. The van der Waals surface area contributed by atoms with Gasteiger partial charge in [-0.3, -0.25) is 9.69 Å². The predicted octanol–water partition coefficient (Wildman–Crippen LogP) is 6.06. The van der Waals surface area contributed by atoms with E-state index in [-0.39, 0.29) is 16.7 Å². The number of hydrogen-bond acceptors (Lipinski definition) is 6. The number of benzene rings is 2. The third-order valence-corrected chi connectivity index (χ3v) is 10.3. The van der Waals surface area contributed by atoms with E-state index in [1.165, 1.54) is 11.8 Å². The Bertz CT molecular complexity index is 1550. The largest absolute Gasteiger partial charge is 0.293 e. The second-order valence-electron chi connectivity index (χ2n) is 11.2. The molecule has 0 saturated carbocycles. The van der Waals surface area contributed by atoms with Crippen LogP contribution >= 0.6 is 24.0 Å². The maximum Gasteiger partial charge on any atom is 0.266 e. The molecule has 2 unspecified atom stereocenters. The molecule has 2 saturated heterocycles. The fourth-order valence-electron chi connectivity index (χ4n) is 5.35. The molecule has 0 aliphatic carbocycles. The average molecular weight is 595 g/mol. The summed E-state index contributed by atoms with van der Waals surface area (Å²) in [7, 11) is -3.67. The maximum atomic E-state index is 13.7. The highest BCUT2D eigenvalue weighted by molar-refractivity contribution is 8.26. The van der Waals surface area contributed by atoms with Crippen molar-refractivity contribution in [3.63, 3.8) is 0 Å². The fourth-order valence-corrected chi connectivity index (χ4v) is 8.34. The molecule has 1 amide bonds. The van der Waals surface area contributed by atoms with E-state index in [0.29, 0.717) is 57.5 Å². The van der Waals surface area contributed by atoms with Gasteiger partial charge < -0.3 is 0 Å². The number of nitrogens with zero attached hydrogens (tertiary/aromatic N) is 4. The van der Waals surface area contributed by atoms with Gasteiger partial charge in [-0.2, -0.15) is 9.40 Å². The van der Waals surface area contributed by atoms with Crippen LogP contribution in [0.1, 0.15) is 39.7 Å². The molecule has 40 heavy (non-hydrogen) atoms. The smallest absolute Gasteiger partial charge is 0.266 e.